The Morgan fingerprint density at radius 1 is 1.54 bits per heavy atom. The summed E-state index contributed by atoms with van der Waals surface area (Å²) in [4.78, 5) is 4.15. The fraction of sp³-hybridized carbons (Fsp3) is 0.500. The number of anilines is 1. The molecule has 0 fully saturated rings. The van der Waals surface area contributed by atoms with Crippen molar-refractivity contribution in [1.29, 1.82) is 0 Å². The van der Waals surface area contributed by atoms with Crippen molar-refractivity contribution in [2.45, 2.75) is 18.4 Å². The molecule has 0 saturated carbocycles. The minimum Gasteiger partial charge on any atom is -0.368 e. The molecule has 13 heavy (non-hydrogen) atoms. The maximum absolute atomic E-state index is 5.73. The maximum atomic E-state index is 5.73. The molecule has 2 rings (SSSR count). The maximum Gasteiger partial charge on any atom is 0.218 e. The molecule has 0 aliphatic heterocycles. The highest BCUT2D eigenvalue weighted by molar-refractivity contribution is 5.22. The van der Waals surface area contributed by atoms with Crippen LogP contribution in [-0.2, 0) is 7.05 Å². The molecule has 0 aromatic carbocycles. The summed E-state index contributed by atoms with van der Waals surface area (Å²) in [7, 11) is 1.78. The van der Waals surface area contributed by atoms with Gasteiger partial charge in [-0.25, -0.2) is 4.68 Å². The monoisotopic (exact) mass is 179 g/mol. The van der Waals surface area contributed by atoms with Gasteiger partial charge in [-0.2, -0.15) is 10.1 Å². The van der Waals surface area contributed by atoms with Crippen LogP contribution in [0.15, 0.2) is 12.2 Å². The van der Waals surface area contributed by atoms with E-state index in [0.29, 0.717) is 5.95 Å². The molecule has 5 nitrogen and oxygen atoms in total. The highest BCUT2D eigenvalue weighted by atomic mass is 15.4. The summed E-state index contributed by atoms with van der Waals surface area (Å²) in [6.07, 6.45) is 4.90. The number of rotatable bonds is 1. The van der Waals surface area contributed by atoms with Gasteiger partial charge in [0, 0.05) is 19.0 Å². The van der Waals surface area contributed by atoms with Gasteiger partial charge in [0.05, 0.1) is 0 Å². The van der Waals surface area contributed by atoms with Gasteiger partial charge in [-0.05, 0) is 6.42 Å². The zero-order valence-corrected chi connectivity index (χ0v) is 7.51. The number of hydrogen-bond donors (Lipinski definition) is 2. The fourth-order valence-electron chi connectivity index (χ4n) is 1.49. The van der Waals surface area contributed by atoms with E-state index in [0.717, 1.165) is 12.2 Å². The summed E-state index contributed by atoms with van der Waals surface area (Å²) in [5.74, 6) is 1.45. The molecule has 2 unspecified atom stereocenters. The lowest BCUT2D eigenvalue weighted by Gasteiger charge is -2.02. The first-order valence-corrected chi connectivity index (χ1v) is 4.27. The molecule has 1 heterocycles. The number of aryl methyl sites for hydroxylation is 1. The van der Waals surface area contributed by atoms with Crippen LogP contribution in [0.25, 0.3) is 0 Å². The van der Waals surface area contributed by atoms with Crippen LogP contribution in [0.5, 0.6) is 0 Å². The first-order chi connectivity index (χ1) is 6.16. The van der Waals surface area contributed by atoms with Gasteiger partial charge in [-0.3, -0.25) is 0 Å². The number of allylic oxidation sites excluding steroid dienone is 1. The molecule has 0 spiro atoms. The molecule has 0 amide bonds. The van der Waals surface area contributed by atoms with Gasteiger partial charge in [-0.1, -0.05) is 12.2 Å². The van der Waals surface area contributed by atoms with Crippen LogP contribution < -0.4 is 11.5 Å². The predicted octanol–water partition coefficient (Wildman–Crippen LogP) is -0.232. The van der Waals surface area contributed by atoms with Crippen molar-refractivity contribution >= 4 is 5.95 Å². The second-order valence-electron chi connectivity index (χ2n) is 3.34. The number of nitrogens with two attached hydrogens (primary N) is 2. The van der Waals surface area contributed by atoms with Gasteiger partial charge in [0.25, 0.3) is 0 Å². The van der Waals surface area contributed by atoms with E-state index in [4.69, 9.17) is 11.5 Å². The molecular formula is C8H13N5. The third kappa shape index (κ3) is 1.42. The van der Waals surface area contributed by atoms with Crippen LogP contribution in [-0.4, -0.2) is 20.8 Å². The summed E-state index contributed by atoms with van der Waals surface area (Å²) >= 11 is 0. The summed E-state index contributed by atoms with van der Waals surface area (Å²) in [6.45, 7) is 0. The number of aromatic nitrogens is 3. The minimum atomic E-state index is 0.134. The van der Waals surface area contributed by atoms with Gasteiger partial charge < -0.3 is 11.5 Å². The summed E-state index contributed by atoms with van der Waals surface area (Å²) in [5, 5.41) is 4.20. The smallest absolute Gasteiger partial charge is 0.218 e. The van der Waals surface area contributed by atoms with Crippen molar-refractivity contribution in [2.24, 2.45) is 12.8 Å². The lowest BCUT2D eigenvalue weighted by Crippen LogP contribution is -2.14. The molecule has 0 bridgehead atoms. The minimum absolute atomic E-state index is 0.134. The van der Waals surface area contributed by atoms with Crippen LogP contribution in [0.4, 0.5) is 5.95 Å². The fourth-order valence-corrected chi connectivity index (χ4v) is 1.49. The van der Waals surface area contributed by atoms with E-state index in [1.54, 1.807) is 11.7 Å². The quantitative estimate of drug-likeness (QED) is 0.583. The largest absolute Gasteiger partial charge is 0.368 e. The molecule has 0 radical (unpaired) electrons. The van der Waals surface area contributed by atoms with Gasteiger partial charge >= 0.3 is 0 Å². The Bertz CT molecular complexity index is 321. The molecule has 4 N–H and O–H groups in total. The number of nitrogens with zero attached hydrogens (tertiary/aromatic N) is 3. The summed E-state index contributed by atoms with van der Waals surface area (Å²) in [6, 6.07) is 0.134. The molecular weight excluding hydrogens is 166 g/mol. The number of hydrogen-bond acceptors (Lipinski definition) is 4. The van der Waals surface area contributed by atoms with Crippen LogP contribution in [0.3, 0.4) is 0 Å². The standard InChI is InChI=1S/C8H13N5/c1-13-8(10)11-7(12-13)5-2-3-6(9)4-5/h2-3,5-6H,4,9H2,1H3,(H2,10,11,12). The molecule has 0 saturated heterocycles. The third-order valence-corrected chi connectivity index (χ3v) is 2.26. The predicted molar refractivity (Wildman–Crippen MR) is 49.9 cm³/mol. The van der Waals surface area contributed by atoms with Crippen molar-refractivity contribution in [3.05, 3.63) is 18.0 Å². The van der Waals surface area contributed by atoms with Crippen LogP contribution >= 0.6 is 0 Å². The molecule has 70 valence electrons. The Morgan fingerprint density at radius 2 is 2.31 bits per heavy atom. The highest BCUT2D eigenvalue weighted by Gasteiger charge is 2.21. The van der Waals surface area contributed by atoms with Crippen LogP contribution in [0.2, 0.25) is 0 Å². The third-order valence-electron chi connectivity index (χ3n) is 2.26. The van der Waals surface area contributed by atoms with Gasteiger partial charge in [0.1, 0.15) is 0 Å². The van der Waals surface area contributed by atoms with Crippen molar-refractivity contribution in [3.8, 4) is 0 Å². The first-order valence-electron chi connectivity index (χ1n) is 4.27. The second-order valence-corrected chi connectivity index (χ2v) is 3.34. The Labute approximate surface area is 76.4 Å². The Kier molecular flexibility index (Phi) is 1.81. The molecule has 1 aliphatic carbocycles. The van der Waals surface area contributed by atoms with E-state index in [2.05, 4.69) is 10.1 Å². The van der Waals surface area contributed by atoms with Crippen molar-refractivity contribution in [1.82, 2.24) is 14.8 Å². The van der Waals surface area contributed by atoms with Crippen molar-refractivity contribution in [2.75, 3.05) is 5.73 Å². The molecule has 1 aliphatic rings. The van der Waals surface area contributed by atoms with E-state index in [9.17, 15) is 0 Å². The van der Waals surface area contributed by atoms with Crippen molar-refractivity contribution < 1.29 is 0 Å². The average Bonchev–Trinajstić information content (AvgIpc) is 2.61. The lowest BCUT2D eigenvalue weighted by molar-refractivity contribution is 0.661. The Hall–Kier alpha value is -1.36. The van der Waals surface area contributed by atoms with E-state index < -0.39 is 0 Å². The lowest BCUT2D eigenvalue weighted by atomic mass is 10.1. The van der Waals surface area contributed by atoms with Gasteiger partial charge in [0.2, 0.25) is 5.95 Å². The normalized spacial score (nSPS) is 26.9. The van der Waals surface area contributed by atoms with Crippen molar-refractivity contribution in [3.63, 3.8) is 0 Å². The molecule has 5 heteroatoms. The van der Waals surface area contributed by atoms with Crippen LogP contribution in [0, 0.1) is 0 Å². The summed E-state index contributed by atoms with van der Waals surface area (Å²) < 4.78 is 1.58. The Balaban J connectivity index is 2.22. The van der Waals surface area contributed by atoms with E-state index in [-0.39, 0.29) is 12.0 Å². The molecule has 2 atom stereocenters. The van der Waals surface area contributed by atoms with E-state index in [1.807, 2.05) is 12.2 Å². The molecule has 1 aromatic rings. The average molecular weight is 179 g/mol. The summed E-state index contributed by atoms with van der Waals surface area (Å²) in [5.41, 5.74) is 11.3. The van der Waals surface area contributed by atoms with Gasteiger partial charge in [-0.15, -0.1) is 0 Å². The van der Waals surface area contributed by atoms with E-state index >= 15 is 0 Å². The van der Waals surface area contributed by atoms with E-state index in [1.165, 1.54) is 0 Å². The Morgan fingerprint density at radius 3 is 2.77 bits per heavy atom. The SMILES string of the molecule is Cn1nc(C2C=CC(N)C2)nc1N. The first kappa shape index (κ1) is 8.25. The zero-order chi connectivity index (χ0) is 9.42. The second kappa shape index (κ2) is 2.85. The molecule has 1 aromatic heterocycles. The number of nitrogen functional groups attached to an aromatic ring is 1. The zero-order valence-electron chi connectivity index (χ0n) is 7.51. The van der Waals surface area contributed by atoms with Crippen LogP contribution in [0.1, 0.15) is 18.2 Å². The highest BCUT2D eigenvalue weighted by Crippen LogP contribution is 2.25. The topological polar surface area (TPSA) is 82.8 Å². The van der Waals surface area contributed by atoms with Gasteiger partial charge in [0.15, 0.2) is 5.82 Å².